The molecule has 0 aliphatic carbocycles. The SMILES string of the molecule is CC(C)N1[CH-]c2ccccc2C1C.[Rb+]. The molecule has 0 saturated carbocycles. The Labute approximate surface area is 136 Å². The Morgan fingerprint density at radius 1 is 1.29 bits per heavy atom. The van der Waals surface area contributed by atoms with Crippen LogP contribution in [0, 0.1) is 6.54 Å². The van der Waals surface area contributed by atoms with Crippen LogP contribution < -0.4 is 58.2 Å². The van der Waals surface area contributed by atoms with Crippen molar-refractivity contribution in [2.45, 2.75) is 32.9 Å². The molecule has 1 heterocycles. The number of hydrogen-bond donors (Lipinski definition) is 0. The van der Waals surface area contributed by atoms with Gasteiger partial charge in [0.25, 0.3) is 0 Å². The van der Waals surface area contributed by atoms with Gasteiger partial charge in [-0.1, -0.05) is 26.8 Å². The van der Waals surface area contributed by atoms with Gasteiger partial charge in [0, 0.05) is 0 Å². The zero-order valence-electron chi connectivity index (χ0n) is 9.49. The fourth-order valence-corrected chi connectivity index (χ4v) is 2.04. The molecular formula is C12H16NRb. The Balaban J connectivity index is 0.000000980. The van der Waals surface area contributed by atoms with Crippen LogP contribution in [0.3, 0.4) is 0 Å². The molecule has 0 amide bonds. The Hall–Kier alpha value is 0.855. The summed E-state index contributed by atoms with van der Waals surface area (Å²) in [5.74, 6) is 0. The summed E-state index contributed by atoms with van der Waals surface area (Å²) >= 11 is 0. The summed E-state index contributed by atoms with van der Waals surface area (Å²) in [7, 11) is 0. The molecule has 2 rings (SSSR count). The molecule has 0 saturated heterocycles. The monoisotopic (exact) mass is 259 g/mol. The van der Waals surface area contributed by atoms with Crippen molar-refractivity contribution >= 4 is 0 Å². The molecule has 1 atom stereocenters. The molecule has 1 aromatic rings. The fourth-order valence-electron chi connectivity index (χ4n) is 2.04. The van der Waals surface area contributed by atoms with Crippen molar-refractivity contribution in [3.05, 3.63) is 41.9 Å². The van der Waals surface area contributed by atoms with E-state index in [1.807, 2.05) is 0 Å². The van der Waals surface area contributed by atoms with Gasteiger partial charge in [0.15, 0.2) is 0 Å². The number of hydrogen-bond acceptors (Lipinski definition) is 1. The number of fused-ring (bicyclic) bond motifs is 1. The van der Waals surface area contributed by atoms with E-state index in [1.165, 1.54) is 11.1 Å². The van der Waals surface area contributed by atoms with Gasteiger partial charge in [-0.15, -0.1) is 24.2 Å². The summed E-state index contributed by atoms with van der Waals surface area (Å²) in [5, 5.41) is 0. The van der Waals surface area contributed by atoms with Crippen molar-refractivity contribution < 1.29 is 58.2 Å². The predicted octanol–water partition coefficient (Wildman–Crippen LogP) is -0.0145. The summed E-state index contributed by atoms with van der Waals surface area (Å²) in [6.07, 6.45) is 0. The summed E-state index contributed by atoms with van der Waals surface area (Å²) in [6.45, 7) is 9.00. The van der Waals surface area contributed by atoms with Gasteiger partial charge in [-0.05, 0) is 12.1 Å². The van der Waals surface area contributed by atoms with E-state index in [9.17, 15) is 0 Å². The van der Waals surface area contributed by atoms with Crippen LogP contribution in [0.15, 0.2) is 24.3 Å². The van der Waals surface area contributed by atoms with Crippen LogP contribution in [0.1, 0.15) is 37.9 Å². The largest absolute Gasteiger partial charge is 1.00 e. The predicted molar refractivity (Wildman–Crippen MR) is 55.2 cm³/mol. The average molecular weight is 260 g/mol. The van der Waals surface area contributed by atoms with E-state index >= 15 is 0 Å². The Morgan fingerprint density at radius 3 is 2.50 bits per heavy atom. The van der Waals surface area contributed by atoms with Crippen LogP contribution in [-0.4, -0.2) is 10.9 Å². The van der Waals surface area contributed by atoms with Gasteiger partial charge in [0.2, 0.25) is 0 Å². The molecule has 1 nitrogen and oxygen atoms in total. The minimum atomic E-state index is 0. The second-order valence-electron chi connectivity index (χ2n) is 3.97. The van der Waals surface area contributed by atoms with Crippen molar-refractivity contribution in [3.8, 4) is 0 Å². The normalized spacial score (nSPS) is 20.1. The first-order valence-electron chi connectivity index (χ1n) is 4.91. The average Bonchev–Trinajstić information content (AvgIpc) is 2.45. The van der Waals surface area contributed by atoms with Crippen LogP contribution in [0.5, 0.6) is 0 Å². The Bertz CT molecular complexity index is 309. The molecule has 1 aromatic carbocycles. The van der Waals surface area contributed by atoms with E-state index in [4.69, 9.17) is 0 Å². The maximum absolute atomic E-state index is 2.41. The molecule has 2 heteroatoms. The summed E-state index contributed by atoms with van der Waals surface area (Å²) in [4.78, 5) is 2.41. The minimum absolute atomic E-state index is 0. The summed E-state index contributed by atoms with van der Waals surface area (Å²) in [5.41, 5.74) is 2.83. The van der Waals surface area contributed by atoms with Crippen LogP contribution in [0.4, 0.5) is 0 Å². The first kappa shape index (κ1) is 12.9. The molecule has 0 radical (unpaired) electrons. The molecule has 1 aliphatic rings. The molecule has 1 aliphatic heterocycles. The van der Waals surface area contributed by atoms with E-state index in [0.29, 0.717) is 12.1 Å². The quantitative estimate of drug-likeness (QED) is 0.641. The van der Waals surface area contributed by atoms with E-state index in [1.54, 1.807) is 0 Å². The zero-order valence-corrected chi connectivity index (χ0v) is 14.4. The molecule has 0 N–H and O–H groups in total. The maximum Gasteiger partial charge on any atom is 1.00 e. The van der Waals surface area contributed by atoms with Crippen molar-refractivity contribution in [2.24, 2.45) is 0 Å². The fraction of sp³-hybridized carbons (Fsp3) is 0.417. The van der Waals surface area contributed by atoms with Gasteiger partial charge in [0.1, 0.15) is 0 Å². The summed E-state index contributed by atoms with van der Waals surface area (Å²) in [6, 6.07) is 9.75. The molecule has 1 unspecified atom stereocenters. The van der Waals surface area contributed by atoms with Crippen molar-refractivity contribution in [1.29, 1.82) is 0 Å². The van der Waals surface area contributed by atoms with E-state index < -0.39 is 0 Å². The second kappa shape index (κ2) is 5.26. The molecule has 0 spiro atoms. The topological polar surface area (TPSA) is 3.24 Å². The van der Waals surface area contributed by atoms with Crippen LogP contribution in [0.25, 0.3) is 0 Å². The van der Waals surface area contributed by atoms with Crippen molar-refractivity contribution in [3.63, 3.8) is 0 Å². The van der Waals surface area contributed by atoms with Gasteiger partial charge in [0.05, 0.1) is 0 Å². The molecule has 0 aromatic heterocycles. The van der Waals surface area contributed by atoms with Gasteiger partial charge in [-0.3, -0.25) is 0 Å². The number of nitrogens with zero attached hydrogens (tertiary/aromatic N) is 1. The molecule has 0 bridgehead atoms. The molecular weight excluding hydrogens is 244 g/mol. The number of benzene rings is 1. The molecule has 70 valence electrons. The Morgan fingerprint density at radius 2 is 1.93 bits per heavy atom. The van der Waals surface area contributed by atoms with E-state index in [-0.39, 0.29) is 58.2 Å². The third kappa shape index (κ3) is 2.33. The van der Waals surface area contributed by atoms with Crippen molar-refractivity contribution in [1.82, 2.24) is 4.90 Å². The van der Waals surface area contributed by atoms with Crippen LogP contribution in [0.2, 0.25) is 0 Å². The summed E-state index contributed by atoms with van der Waals surface area (Å²) < 4.78 is 0. The Kier molecular flexibility index (Phi) is 4.86. The van der Waals surface area contributed by atoms with Crippen molar-refractivity contribution in [2.75, 3.05) is 0 Å². The molecule has 14 heavy (non-hydrogen) atoms. The van der Waals surface area contributed by atoms with Gasteiger partial charge >= 0.3 is 58.2 Å². The standard InChI is InChI=1S/C12H16N.Rb/c1-9(2)13-8-11-6-4-5-7-12(11)10(13)3;/h4-10H,1-3H3;/q-1;+1. The maximum atomic E-state index is 2.41. The van der Waals surface area contributed by atoms with Gasteiger partial charge < -0.3 is 4.90 Å². The van der Waals surface area contributed by atoms with Gasteiger partial charge in [-0.2, -0.15) is 11.6 Å². The molecule has 0 fully saturated rings. The van der Waals surface area contributed by atoms with E-state index in [2.05, 4.69) is 56.5 Å². The first-order chi connectivity index (χ1) is 6.20. The van der Waals surface area contributed by atoms with Gasteiger partial charge in [-0.25, -0.2) is 0 Å². The minimum Gasteiger partial charge on any atom is -0.335 e. The first-order valence-corrected chi connectivity index (χ1v) is 4.91. The zero-order chi connectivity index (χ0) is 9.42. The third-order valence-electron chi connectivity index (χ3n) is 2.78. The number of rotatable bonds is 1. The smallest absolute Gasteiger partial charge is 0.335 e. The second-order valence-corrected chi connectivity index (χ2v) is 3.97. The van der Waals surface area contributed by atoms with Crippen LogP contribution >= 0.6 is 0 Å². The van der Waals surface area contributed by atoms with Crippen LogP contribution in [-0.2, 0) is 0 Å². The third-order valence-corrected chi connectivity index (χ3v) is 2.78. The van der Waals surface area contributed by atoms with E-state index in [0.717, 1.165) is 0 Å².